The molecule has 2 heteroatoms. The van der Waals surface area contributed by atoms with Crippen LogP contribution in [0.1, 0.15) is 17.5 Å². The minimum Gasteiger partial charge on any atom is -0.207 e. The van der Waals surface area contributed by atoms with Crippen LogP contribution in [-0.2, 0) is 12.8 Å². The van der Waals surface area contributed by atoms with Gasteiger partial charge < -0.3 is 0 Å². The zero-order chi connectivity index (χ0) is 12.1. The first-order chi connectivity index (χ1) is 8.24. The Bertz CT molecular complexity index is 448. The molecule has 0 atom stereocenters. The minimum atomic E-state index is -0.162. The molecule has 0 spiro atoms. The lowest BCUT2D eigenvalue weighted by Gasteiger charge is -2.03. The molecule has 0 N–H and O–H groups in total. The highest BCUT2D eigenvalue weighted by molar-refractivity contribution is 6.30. The van der Waals surface area contributed by atoms with Gasteiger partial charge in [-0.2, -0.15) is 0 Å². The molecule has 0 aliphatic rings. The maximum atomic E-state index is 13.0. The number of halogens is 2. The van der Waals surface area contributed by atoms with Gasteiger partial charge in [-0.15, -0.1) is 0 Å². The minimum absolute atomic E-state index is 0.162. The number of rotatable bonds is 4. The first-order valence-electron chi connectivity index (χ1n) is 5.73. The second-order valence-electron chi connectivity index (χ2n) is 4.11. The van der Waals surface area contributed by atoms with E-state index in [-0.39, 0.29) is 5.82 Å². The SMILES string of the molecule is Fc1cccc(CCCc2cccc(Cl)c2)c1. The average molecular weight is 249 g/mol. The molecule has 2 aromatic carbocycles. The summed E-state index contributed by atoms with van der Waals surface area (Å²) < 4.78 is 13.0. The summed E-state index contributed by atoms with van der Waals surface area (Å²) in [4.78, 5) is 0. The van der Waals surface area contributed by atoms with Crippen molar-refractivity contribution < 1.29 is 4.39 Å². The smallest absolute Gasteiger partial charge is 0.123 e. The van der Waals surface area contributed by atoms with Crippen molar-refractivity contribution in [1.29, 1.82) is 0 Å². The Morgan fingerprint density at radius 1 is 0.882 bits per heavy atom. The lowest BCUT2D eigenvalue weighted by atomic mass is 10.0. The summed E-state index contributed by atoms with van der Waals surface area (Å²) in [5, 5.41) is 0.772. The first-order valence-corrected chi connectivity index (χ1v) is 6.11. The van der Waals surface area contributed by atoms with E-state index in [4.69, 9.17) is 11.6 Å². The van der Waals surface area contributed by atoms with Crippen LogP contribution in [0.4, 0.5) is 4.39 Å². The molecule has 0 heterocycles. The van der Waals surface area contributed by atoms with E-state index in [9.17, 15) is 4.39 Å². The van der Waals surface area contributed by atoms with E-state index < -0.39 is 0 Å². The molecule has 0 saturated carbocycles. The molecule has 0 saturated heterocycles. The Labute approximate surface area is 106 Å². The van der Waals surface area contributed by atoms with Gasteiger partial charge in [0.1, 0.15) is 5.82 Å². The molecular weight excluding hydrogens is 235 g/mol. The Morgan fingerprint density at radius 3 is 2.18 bits per heavy atom. The zero-order valence-electron chi connectivity index (χ0n) is 9.50. The van der Waals surface area contributed by atoms with Gasteiger partial charge in [0, 0.05) is 5.02 Å². The topological polar surface area (TPSA) is 0 Å². The second-order valence-corrected chi connectivity index (χ2v) is 4.55. The van der Waals surface area contributed by atoms with E-state index in [1.54, 1.807) is 12.1 Å². The van der Waals surface area contributed by atoms with Crippen molar-refractivity contribution in [2.45, 2.75) is 19.3 Å². The predicted molar refractivity (Wildman–Crippen MR) is 69.9 cm³/mol. The molecule has 0 radical (unpaired) electrons. The van der Waals surface area contributed by atoms with Crippen LogP contribution in [-0.4, -0.2) is 0 Å². The van der Waals surface area contributed by atoms with Crippen molar-refractivity contribution in [2.24, 2.45) is 0 Å². The molecule has 0 aromatic heterocycles. The summed E-state index contributed by atoms with van der Waals surface area (Å²) in [7, 11) is 0. The van der Waals surface area contributed by atoms with Crippen molar-refractivity contribution in [3.05, 3.63) is 70.5 Å². The summed E-state index contributed by atoms with van der Waals surface area (Å²) >= 11 is 5.91. The Hall–Kier alpha value is -1.34. The molecule has 2 aromatic rings. The average Bonchev–Trinajstić information content (AvgIpc) is 2.29. The van der Waals surface area contributed by atoms with Crippen LogP contribution in [0.2, 0.25) is 5.02 Å². The molecule has 88 valence electrons. The highest BCUT2D eigenvalue weighted by atomic mass is 35.5. The van der Waals surface area contributed by atoms with Crippen molar-refractivity contribution in [3.63, 3.8) is 0 Å². The molecule has 0 aliphatic carbocycles. The number of hydrogen-bond acceptors (Lipinski definition) is 0. The maximum Gasteiger partial charge on any atom is 0.123 e. The van der Waals surface area contributed by atoms with Crippen LogP contribution < -0.4 is 0 Å². The number of hydrogen-bond donors (Lipinski definition) is 0. The molecule has 17 heavy (non-hydrogen) atoms. The third-order valence-corrected chi connectivity index (χ3v) is 2.94. The normalized spacial score (nSPS) is 10.5. The van der Waals surface area contributed by atoms with Crippen molar-refractivity contribution in [1.82, 2.24) is 0 Å². The Balaban J connectivity index is 1.87. The molecule has 0 nitrogen and oxygen atoms in total. The monoisotopic (exact) mass is 248 g/mol. The summed E-state index contributed by atoms with van der Waals surface area (Å²) in [6.45, 7) is 0. The van der Waals surface area contributed by atoms with E-state index in [0.717, 1.165) is 29.8 Å². The van der Waals surface area contributed by atoms with Gasteiger partial charge in [0.2, 0.25) is 0 Å². The fourth-order valence-electron chi connectivity index (χ4n) is 1.88. The number of aryl methyl sites for hydroxylation is 2. The Kier molecular flexibility index (Phi) is 4.16. The van der Waals surface area contributed by atoms with E-state index in [2.05, 4.69) is 6.07 Å². The molecule has 0 unspecified atom stereocenters. The van der Waals surface area contributed by atoms with E-state index in [1.165, 1.54) is 11.6 Å². The van der Waals surface area contributed by atoms with Gasteiger partial charge in [-0.3, -0.25) is 0 Å². The molecule has 2 rings (SSSR count). The van der Waals surface area contributed by atoms with Gasteiger partial charge in [0.15, 0.2) is 0 Å². The highest BCUT2D eigenvalue weighted by Crippen LogP contribution is 2.14. The van der Waals surface area contributed by atoms with E-state index in [0.29, 0.717) is 0 Å². The van der Waals surface area contributed by atoms with Crippen LogP contribution in [0.5, 0.6) is 0 Å². The van der Waals surface area contributed by atoms with Crippen LogP contribution in [0.15, 0.2) is 48.5 Å². The summed E-state index contributed by atoms with van der Waals surface area (Å²) in [6.07, 6.45) is 2.87. The Morgan fingerprint density at radius 2 is 1.53 bits per heavy atom. The summed E-state index contributed by atoms with van der Waals surface area (Å²) in [6, 6.07) is 14.7. The standard InChI is InChI=1S/C15H14ClF/c16-14-8-2-6-12(10-14)4-1-5-13-7-3-9-15(17)11-13/h2-3,6-11H,1,4-5H2. The summed E-state index contributed by atoms with van der Waals surface area (Å²) in [5.74, 6) is -0.162. The first kappa shape index (κ1) is 12.1. The van der Waals surface area contributed by atoms with E-state index >= 15 is 0 Å². The second kappa shape index (κ2) is 5.83. The van der Waals surface area contributed by atoms with Crippen LogP contribution in [0.3, 0.4) is 0 Å². The molecule has 0 fully saturated rings. The number of benzene rings is 2. The molecule has 0 aliphatic heterocycles. The maximum absolute atomic E-state index is 13.0. The quantitative estimate of drug-likeness (QED) is 0.739. The molecule has 0 bridgehead atoms. The lowest BCUT2D eigenvalue weighted by Crippen LogP contribution is -1.90. The van der Waals surface area contributed by atoms with Gasteiger partial charge >= 0.3 is 0 Å². The van der Waals surface area contributed by atoms with Gasteiger partial charge in [-0.25, -0.2) is 4.39 Å². The third kappa shape index (κ3) is 3.86. The third-order valence-electron chi connectivity index (χ3n) is 2.71. The van der Waals surface area contributed by atoms with Gasteiger partial charge in [-0.05, 0) is 54.7 Å². The predicted octanol–water partition coefficient (Wildman–Crippen LogP) is 4.65. The summed E-state index contributed by atoms with van der Waals surface area (Å²) in [5.41, 5.74) is 2.28. The van der Waals surface area contributed by atoms with Crippen molar-refractivity contribution >= 4 is 11.6 Å². The molecule has 0 amide bonds. The lowest BCUT2D eigenvalue weighted by molar-refractivity contribution is 0.624. The van der Waals surface area contributed by atoms with Crippen molar-refractivity contribution in [3.8, 4) is 0 Å². The van der Waals surface area contributed by atoms with Crippen LogP contribution in [0.25, 0.3) is 0 Å². The van der Waals surface area contributed by atoms with Gasteiger partial charge in [0.25, 0.3) is 0 Å². The van der Waals surface area contributed by atoms with Crippen molar-refractivity contribution in [2.75, 3.05) is 0 Å². The van der Waals surface area contributed by atoms with Crippen LogP contribution >= 0.6 is 11.6 Å². The van der Waals surface area contributed by atoms with Gasteiger partial charge in [-0.1, -0.05) is 35.9 Å². The fourth-order valence-corrected chi connectivity index (χ4v) is 2.09. The van der Waals surface area contributed by atoms with Crippen LogP contribution in [0, 0.1) is 5.82 Å². The highest BCUT2D eigenvalue weighted by Gasteiger charge is 1.98. The van der Waals surface area contributed by atoms with E-state index in [1.807, 2.05) is 24.3 Å². The van der Waals surface area contributed by atoms with Gasteiger partial charge in [0.05, 0.1) is 0 Å². The fraction of sp³-hybridized carbons (Fsp3) is 0.200. The molecular formula is C15H14ClF. The zero-order valence-corrected chi connectivity index (χ0v) is 10.3. The largest absolute Gasteiger partial charge is 0.207 e.